The fraction of sp³-hybridized carbons (Fsp3) is 0.200. The van der Waals surface area contributed by atoms with Gasteiger partial charge < -0.3 is 5.32 Å². The Bertz CT molecular complexity index is 436. The molecule has 3 rings (SSSR count). The summed E-state index contributed by atoms with van der Waals surface area (Å²) in [6.07, 6.45) is 0. The molecular weight excluding hydrogens is 176 g/mol. The highest BCUT2D eigenvalue weighted by Gasteiger charge is 2.11. The van der Waals surface area contributed by atoms with Crippen molar-refractivity contribution >= 4 is 16.9 Å². The Hall–Kier alpha value is -1.68. The minimum atomic E-state index is 0.764. The van der Waals surface area contributed by atoms with E-state index in [4.69, 9.17) is 0 Å². The van der Waals surface area contributed by atoms with Gasteiger partial charge in [0.1, 0.15) is 0 Å². The Balaban J connectivity index is 2.27. The maximum Gasteiger partial charge on any atom is 0.150 e. The highest BCUT2D eigenvalue weighted by Crippen LogP contribution is 2.17. The first-order valence-corrected chi connectivity index (χ1v) is 4.64. The van der Waals surface area contributed by atoms with Gasteiger partial charge >= 0.3 is 0 Å². The predicted molar refractivity (Wildman–Crippen MR) is 54.9 cm³/mol. The molecule has 0 bridgehead atoms. The lowest BCUT2D eigenvalue weighted by molar-refractivity contribution is 0.687. The van der Waals surface area contributed by atoms with Crippen LogP contribution in [0.15, 0.2) is 24.3 Å². The SMILES string of the molecule is c1ccc2nc3c(nc2c1)CNCN3. The monoisotopic (exact) mass is 186 g/mol. The summed E-state index contributed by atoms with van der Waals surface area (Å²) in [6.45, 7) is 1.56. The number of hydrogen-bond acceptors (Lipinski definition) is 4. The summed E-state index contributed by atoms with van der Waals surface area (Å²) in [6, 6.07) is 7.92. The molecule has 2 aromatic rings. The van der Waals surface area contributed by atoms with Crippen molar-refractivity contribution in [2.24, 2.45) is 0 Å². The molecule has 0 aliphatic carbocycles. The number of para-hydroxylation sites is 2. The summed E-state index contributed by atoms with van der Waals surface area (Å²) in [5.74, 6) is 0.905. The fourth-order valence-corrected chi connectivity index (χ4v) is 1.63. The second-order valence-electron chi connectivity index (χ2n) is 3.29. The van der Waals surface area contributed by atoms with Crippen LogP contribution >= 0.6 is 0 Å². The van der Waals surface area contributed by atoms with Gasteiger partial charge in [0.05, 0.1) is 23.4 Å². The van der Waals surface area contributed by atoms with Crippen LogP contribution in [0.1, 0.15) is 5.69 Å². The lowest BCUT2D eigenvalue weighted by Gasteiger charge is -2.17. The number of benzene rings is 1. The summed E-state index contributed by atoms with van der Waals surface area (Å²) < 4.78 is 0. The topological polar surface area (TPSA) is 49.8 Å². The maximum absolute atomic E-state index is 4.53. The standard InChI is InChI=1S/C10H10N4/c1-2-4-8-7(3-1)13-9-5-11-6-12-10(9)14-8/h1-4,11H,5-6H2,(H,12,14). The first-order valence-electron chi connectivity index (χ1n) is 4.64. The van der Waals surface area contributed by atoms with Crippen LogP contribution in [0.4, 0.5) is 5.82 Å². The highest BCUT2D eigenvalue weighted by atomic mass is 15.2. The molecule has 1 aliphatic heterocycles. The zero-order valence-electron chi connectivity index (χ0n) is 7.62. The van der Waals surface area contributed by atoms with Gasteiger partial charge in [-0.2, -0.15) is 0 Å². The first-order chi connectivity index (χ1) is 6.93. The summed E-state index contributed by atoms with van der Waals surface area (Å²) in [5.41, 5.74) is 2.90. The summed E-state index contributed by atoms with van der Waals surface area (Å²) in [4.78, 5) is 9.03. The molecule has 0 saturated carbocycles. The quantitative estimate of drug-likeness (QED) is 0.647. The van der Waals surface area contributed by atoms with Gasteiger partial charge in [-0.15, -0.1) is 0 Å². The van der Waals surface area contributed by atoms with Crippen molar-refractivity contribution in [3.8, 4) is 0 Å². The van der Waals surface area contributed by atoms with E-state index in [1.54, 1.807) is 0 Å². The van der Waals surface area contributed by atoms with Gasteiger partial charge in [-0.05, 0) is 12.1 Å². The Labute approximate surface area is 81.4 Å². The predicted octanol–water partition coefficient (Wildman–Crippen LogP) is 1.10. The van der Waals surface area contributed by atoms with E-state index in [1.807, 2.05) is 24.3 Å². The van der Waals surface area contributed by atoms with Gasteiger partial charge in [-0.1, -0.05) is 12.1 Å². The van der Waals surface area contributed by atoms with Crippen molar-refractivity contribution in [3.05, 3.63) is 30.0 Å². The molecule has 4 heteroatoms. The molecule has 0 spiro atoms. The second-order valence-corrected chi connectivity index (χ2v) is 3.29. The molecule has 1 aromatic carbocycles. The molecule has 0 unspecified atom stereocenters. The number of rotatable bonds is 0. The Morgan fingerprint density at radius 3 is 2.71 bits per heavy atom. The van der Waals surface area contributed by atoms with E-state index in [0.29, 0.717) is 0 Å². The number of hydrogen-bond donors (Lipinski definition) is 2. The molecule has 2 N–H and O–H groups in total. The first kappa shape index (κ1) is 7.70. The molecule has 1 aromatic heterocycles. The minimum Gasteiger partial charge on any atom is -0.356 e. The summed E-state index contributed by atoms with van der Waals surface area (Å²) in [5, 5.41) is 6.36. The Morgan fingerprint density at radius 1 is 1.07 bits per heavy atom. The van der Waals surface area contributed by atoms with Gasteiger partial charge in [-0.25, -0.2) is 9.97 Å². The molecule has 1 aliphatic rings. The smallest absolute Gasteiger partial charge is 0.150 e. The zero-order valence-corrected chi connectivity index (χ0v) is 7.62. The lowest BCUT2D eigenvalue weighted by Crippen LogP contribution is -2.29. The lowest BCUT2D eigenvalue weighted by atomic mass is 10.2. The molecule has 2 heterocycles. The van der Waals surface area contributed by atoms with Crippen molar-refractivity contribution in [2.45, 2.75) is 6.54 Å². The van der Waals surface area contributed by atoms with Crippen molar-refractivity contribution < 1.29 is 0 Å². The molecule has 4 nitrogen and oxygen atoms in total. The third-order valence-electron chi connectivity index (χ3n) is 2.32. The van der Waals surface area contributed by atoms with Crippen LogP contribution in [-0.4, -0.2) is 16.6 Å². The largest absolute Gasteiger partial charge is 0.356 e. The third-order valence-corrected chi connectivity index (χ3v) is 2.32. The number of nitrogens with zero attached hydrogens (tertiary/aromatic N) is 2. The second kappa shape index (κ2) is 2.92. The van der Waals surface area contributed by atoms with Crippen molar-refractivity contribution in [1.82, 2.24) is 15.3 Å². The molecule has 0 atom stereocenters. The van der Waals surface area contributed by atoms with E-state index >= 15 is 0 Å². The molecule has 0 amide bonds. The van der Waals surface area contributed by atoms with E-state index < -0.39 is 0 Å². The Morgan fingerprint density at radius 2 is 1.86 bits per heavy atom. The van der Waals surface area contributed by atoms with Gasteiger partial charge in [0.25, 0.3) is 0 Å². The third kappa shape index (κ3) is 1.12. The number of fused-ring (bicyclic) bond motifs is 2. The molecule has 0 saturated heterocycles. The van der Waals surface area contributed by atoms with Crippen molar-refractivity contribution in [2.75, 3.05) is 12.0 Å². The number of nitrogens with one attached hydrogen (secondary N) is 2. The number of aromatic nitrogens is 2. The van der Waals surface area contributed by atoms with Crippen LogP contribution in [0.5, 0.6) is 0 Å². The van der Waals surface area contributed by atoms with Crippen LogP contribution < -0.4 is 10.6 Å². The molecule has 0 radical (unpaired) electrons. The van der Waals surface area contributed by atoms with E-state index in [2.05, 4.69) is 20.6 Å². The van der Waals surface area contributed by atoms with Gasteiger partial charge in [0, 0.05) is 6.54 Å². The Kier molecular flexibility index (Phi) is 1.61. The van der Waals surface area contributed by atoms with Crippen LogP contribution in [0, 0.1) is 0 Å². The van der Waals surface area contributed by atoms with Crippen molar-refractivity contribution in [3.63, 3.8) is 0 Å². The summed E-state index contributed by atoms with van der Waals surface area (Å²) >= 11 is 0. The maximum atomic E-state index is 4.53. The van der Waals surface area contributed by atoms with Crippen LogP contribution in [0.3, 0.4) is 0 Å². The van der Waals surface area contributed by atoms with Crippen LogP contribution in [-0.2, 0) is 6.54 Å². The molecule has 0 fully saturated rings. The molecular formula is C10H10N4. The fourth-order valence-electron chi connectivity index (χ4n) is 1.63. The zero-order chi connectivity index (χ0) is 9.38. The summed E-state index contributed by atoms with van der Waals surface area (Å²) in [7, 11) is 0. The number of anilines is 1. The minimum absolute atomic E-state index is 0.764. The van der Waals surface area contributed by atoms with E-state index in [-0.39, 0.29) is 0 Å². The van der Waals surface area contributed by atoms with Gasteiger partial charge in [0.15, 0.2) is 5.82 Å². The average Bonchev–Trinajstić information content (AvgIpc) is 2.26. The van der Waals surface area contributed by atoms with Crippen LogP contribution in [0.25, 0.3) is 11.0 Å². The van der Waals surface area contributed by atoms with E-state index in [9.17, 15) is 0 Å². The van der Waals surface area contributed by atoms with Crippen molar-refractivity contribution in [1.29, 1.82) is 0 Å². The van der Waals surface area contributed by atoms with Gasteiger partial charge in [0.2, 0.25) is 0 Å². The van der Waals surface area contributed by atoms with E-state index in [0.717, 1.165) is 35.8 Å². The van der Waals surface area contributed by atoms with Gasteiger partial charge in [-0.3, -0.25) is 5.32 Å². The highest BCUT2D eigenvalue weighted by molar-refractivity contribution is 5.76. The van der Waals surface area contributed by atoms with E-state index in [1.165, 1.54) is 0 Å². The average molecular weight is 186 g/mol. The molecule has 14 heavy (non-hydrogen) atoms. The van der Waals surface area contributed by atoms with Crippen LogP contribution in [0.2, 0.25) is 0 Å². The molecule has 70 valence electrons. The normalized spacial score (nSPS) is 14.9.